The third-order valence-electron chi connectivity index (χ3n) is 7.89. The normalized spacial score (nSPS) is 10.3. The molecular formula is C41H46Cl2SiZr-2. The van der Waals surface area contributed by atoms with Crippen LogP contribution in [0.3, 0.4) is 0 Å². The second kappa shape index (κ2) is 18.2. The van der Waals surface area contributed by atoms with Gasteiger partial charge in [-0.2, -0.15) is 12.1 Å². The molecule has 0 atom stereocenters. The van der Waals surface area contributed by atoms with E-state index in [0.717, 1.165) is 19.3 Å². The molecule has 45 heavy (non-hydrogen) atoms. The molecule has 0 radical (unpaired) electrons. The van der Waals surface area contributed by atoms with Crippen molar-refractivity contribution in [1.82, 2.24) is 0 Å². The zero-order valence-corrected chi connectivity index (χ0v) is 33.1. The third kappa shape index (κ3) is 10.4. The van der Waals surface area contributed by atoms with E-state index >= 15 is 0 Å². The van der Waals surface area contributed by atoms with Crippen molar-refractivity contribution in [2.45, 2.75) is 73.9 Å². The maximum Gasteiger partial charge on any atom is -1.00 e. The molecule has 0 saturated heterocycles. The van der Waals surface area contributed by atoms with Crippen LogP contribution in [0.1, 0.15) is 54.2 Å². The van der Waals surface area contributed by atoms with Crippen molar-refractivity contribution in [3.8, 4) is 22.3 Å². The monoisotopic (exact) mass is 726 g/mol. The Morgan fingerprint density at radius 1 is 0.556 bits per heavy atom. The van der Waals surface area contributed by atoms with Crippen LogP contribution in [0.2, 0.25) is 13.1 Å². The van der Waals surface area contributed by atoms with Crippen molar-refractivity contribution in [1.29, 1.82) is 0 Å². The van der Waals surface area contributed by atoms with E-state index in [1.54, 1.807) is 23.3 Å². The van der Waals surface area contributed by atoms with Crippen LogP contribution in [0.25, 0.3) is 43.8 Å². The number of benzene rings is 4. The summed E-state index contributed by atoms with van der Waals surface area (Å²) in [6, 6.07) is 36.4. The third-order valence-corrected chi connectivity index (χ3v) is 7.89. The standard InChI is InChI=1S/C20H21.C19H19.C2H6Si.2ClH.Zr/c1-4-15-6-8-17(9-7-15)19-11-14(3)10-18-12-16(5-2)13-20(18)19;1-4-15-5-7-16(8-6-15)18-11-13(2)9-17-10-14(3)12-19(17)18;1-3-2;;;/h6-13H,4-5H2,1-3H3;5-12H,4H2,1-3H3;1-2H3;2*1H;/q2*-1;;;;+2/p-2. The molecule has 0 aromatic heterocycles. The van der Waals surface area contributed by atoms with Crippen molar-refractivity contribution >= 4 is 27.0 Å². The van der Waals surface area contributed by atoms with E-state index < -0.39 is 0 Å². The number of hydrogen-bond donors (Lipinski definition) is 0. The summed E-state index contributed by atoms with van der Waals surface area (Å²) >= 11 is 1.74. The Morgan fingerprint density at radius 3 is 1.36 bits per heavy atom. The number of hydrogen-bond acceptors (Lipinski definition) is 0. The van der Waals surface area contributed by atoms with Crippen LogP contribution in [0.15, 0.2) is 97.1 Å². The second-order valence-electron chi connectivity index (χ2n) is 12.0. The van der Waals surface area contributed by atoms with Crippen LogP contribution in [0.5, 0.6) is 0 Å². The Kier molecular flexibility index (Phi) is 15.8. The van der Waals surface area contributed by atoms with Gasteiger partial charge < -0.3 is 24.8 Å². The SMILES string of the molecule is CCc1ccc(-c2cc(C)cc3[cH-]c(C)cc23)cc1.CCc1ccc(-c2cc(C)cc3[cH-]c(CC)cc23)cc1.C[Si](C)=[Zr+2].[Cl-].[Cl-]. The van der Waals surface area contributed by atoms with E-state index in [0.29, 0.717) is 0 Å². The number of halogens is 2. The zero-order valence-electron chi connectivity index (χ0n) is 28.1. The molecule has 0 saturated carbocycles. The summed E-state index contributed by atoms with van der Waals surface area (Å²) in [6.45, 7) is 17.8. The van der Waals surface area contributed by atoms with E-state index in [2.05, 4.69) is 152 Å². The predicted molar refractivity (Wildman–Crippen MR) is 190 cm³/mol. The van der Waals surface area contributed by atoms with Gasteiger partial charge in [0.2, 0.25) is 0 Å². The molecule has 0 heterocycles. The van der Waals surface area contributed by atoms with Crippen molar-refractivity contribution in [2.24, 2.45) is 0 Å². The Morgan fingerprint density at radius 2 is 0.956 bits per heavy atom. The summed E-state index contributed by atoms with van der Waals surface area (Å²) in [7, 11) is 0. The minimum Gasteiger partial charge on any atom is -1.00 e. The zero-order chi connectivity index (χ0) is 31.1. The number of aryl methyl sites for hydroxylation is 6. The molecule has 0 aliphatic carbocycles. The van der Waals surface area contributed by atoms with Crippen LogP contribution >= 0.6 is 0 Å². The molecule has 234 valence electrons. The molecule has 0 N–H and O–H groups in total. The smallest absolute Gasteiger partial charge is 1.00 e. The maximum atomic E-state index is 2.35. The molecule has 4 heteroatoms. The minimum absolute atomic E-state index is 0. The molecule has 0 amide bonds. The minimum atomic E-state index is 0. The molecule has 0 aliphatic heterocycles. The predicted octanol–water partition coefficient (Wildman–Crippen LogP) is 5.86. The summed E-state index contributed by atoms with van der Waals surface area (Å²) in [5, 5.41) is 5.48. The van der Waals surface area contributed by atoms with Crippen molar-refractivity contribution < 1.29 is 48.1 Å². The van der Waals surface area contributed by atoms with Gasteiger partial charge in [0.05, 0.1) is 0 Å². The van der Waals surface area contributed by atoms with Crippen molar-refractivity contribution in [3.63, 3.8) is 0 Å². The Bertz CT molecular complexity index is 1820. The van der Waals surface area contributed by atoms with Gasteiger partial charge in [0.15, 0.2) is 0 Å². The molecule has 0 bridgehead atoms. The Balaban J connectivity index is 0.000000270. The van der Waals surface area contributed by atoms with Gasteiger partial charge in [-0.1, -0.05) is 111 Å². The van der Waals surface area contributed by atoms with Gasteiger partial charge in [-0.05, 0) is 55.4 Å². The number of fused-ring (bicyclic) bond motifs is 2. The van der Waals surface area contributed by atoms with E-state index in [-0.39, 0.29) is 30.2 Å². The fraction of sp³-hybridized carbons (Fsp3) is 0.268. The van der Waals surface area contributed by atoms with Gasteiger partial charge >= 0.3 is 41.9 Å². The topological polar surface area (TPSA) is 0 Å². The summed E-state index contributed by atoms with van der Waals surface area (Å²) in [4.78, 5) is 0. The summed E-state index contributed by atoms with van der Waals surface area (Å²) in [6.07, 6.45) is 3.29. The Labute approximate surface area is 299 Å². The van der Waals surface area contributed by atoms with Gasteiger partial charge in [0, 0.05) is 0 Å². The molecule has 6 rings (SSSR count). The average Bonchev–Trinajstić information content (AvgIpc) is 3.58. The first kappa shape index (κ1) is 39.0. The molecule has 0 unspecified atom stereocenters. The summed E-state index contributed by atoms with van der Waals surface area (Å²) in [5.74, 6) is 0. The summed E-state index contributed by atoms with van der Waals surface area (Å²) < 4.78 is 0. The van der Waals surface area contributed by atoms with E-state index in [9.17, 15) is 0 Å². The first-order chi connectivity index (χ1) is 20.6. The van der Waals surface area contributed by atoms with Crippen LogP contribution in [0.4, 0.5) is 0 Å². The van der Waals surface area contributed by atoms with E-state index in [4.69, 9.17) is 0 Å². The molecule has 6 aromatic rings. The van der Waals surface area contributed by atoms with Gasteiger partial charge in [-0.15, -0.1) is 56.9 Å². The van der Waals surface area contributed by atoms with Crippen molar-refractivity contribution in [2.75, 3.05) is 0 Å². The second-order valence-corrected chi connectivity index (χ2v) is 21.4. The van der Waals surface area contributed by atoms with Gasteiger partial charge in [0.25, 0.3) is 0 Å². The molecule has 0 nitrogen and oxygen atoms in total. The fourth-order valence-electron chi connectivity index (χ4n) is 5.68. The van der Waals surface area contributed by atoms with Crippen LogP contribution in [-0.2, 0) is 42.6 Å². The van der Waals surface area contributed by atoms with E-state index in [1.165, 1.54) is 77.2 Å². The summed E-state index contributed by atoms with van der Waals surface area (Å²) in [5.41, 5.74) is 13.8. The van der Waals surface area contributed by atoms with Gasteiger partial charge in [0.1, 0.15) is 0 Å². The van der Waals surface area contributed by atoms with Crippen molar-refractivity contribution in [3.05, 3.63) is 130 Å². The molecule has 0 spiro atoms. The maximum absolute atomic E-state index is 2.35. The first-order valence-corrected chi connectivity index (χ1v) is 21.9. The number of rotatable bonds is 5. The average molecular weight is 729 g/mol. The Hall–Kier alpha value is -2.22. The van der Waals surface area contributed by atoms with Crippen LogP contribution < -0.4 is 24.8 Å². The first-order valence-electron chi connectivity index (χ1n) is 15.7. The molecule has 0 aliphatic rings. The largest absolute Gasteiger partial charge is 1.00 e. The van der Waals surface area contributed by atoms with E-state index in [1.807, 2.05) is 0 Å². The fourth-order valence-corrected chi connectivity index (χ4v) is 5.68. The van der Waals surface area contributed by atoms with Gasteiger partial charge in [-0.25, -0.2) is 0 Å². The van der Waals surface area contributed by atoms with Gasteiger partial charge in [-0.3, -0.25) is 0 Å². The molecule has 0 fully saturated rings. The van der Waals surface area contributed by atoms with Crippen LogP contribution in [0, 0.1) is 20.8 Å². The molecular weight excluding hydrogens is 683 g/mol. The quantitative estimate of drug-likeness (QED) is 0.154. The van der Waals surface area contributed by atoms with Crippen LogP contribution in [-0.4, -0.2) is 5.43 Å². The molecule has 6 aromatic carbocycles.